The molecule has 0 spiro atoms. The average Bonchev–Trinajstić information content (AvgIpc) is 2.28. The van der Waals surface area contributed by atoms with Gasteiger partial charge >= 0.3 is 0 Å². The van der Waals surface area contributed by atoms with Gasteiger partial charge < -0.3 is 10.5 Å². The molecule has 1 unspecified atom stereocenters. The third-order valence-electron chi connectivity index (χ3n) is 1.61. The number of hydrogen-bond donors (Lipinski definition) is 1. The minimum atomic E-state index is -1.75. The smallest absolute Gasteiger partial charge is 0.229 e. The molecule has 92 valence electrons. The Morgan fingerprint density at radius 3 is 2.38 bits per heavy atom. The number of alkyl halides is 3. The van der Waals surface area contributed by atoms with Crippen molar-refractivity contribution in [3.63, 3.8) is 0 Å². The van der Waals surface area contributed by atoms with Crippen molar-refractivity contribution >= 4 is 0 Å². The van der Waals surface area contributed by atoms with E-state index in [0.717, 1.165) is 5.56 Å². The van der Waals surface area contributed by atoms with Crippen molar-refractivity contribution in [2.75, 3.05) is 20.2 Å². The molecule has 1 aromatic heterocycles. The largest absolute Gasteiger partial charge is 0.475 e. The molecule has 0 radical (unpaired) electrons. The van der Waals surface area contributed by atoms with Gasteiger partial charge in [0.15, 0.2) is 0 Å². The Bertz CT molecular complexity index is 267. The topological polar surface area (TPSA) is 48.1 Å². The number of hydrogen-bond acceptors (Lipinski definition) is 3. The average molecular weight is 236 g/mol. The summed E-state index contributed by atoms with van der Waals surface area (Å²) in [5.41, 5.74) is 6.56. The Morgan fingerprint density at radius 2 is 2.00 bits per heavy atom. The summed E-state index contributed by atoms with van der Waals surface area (Å²) in [5, 5.41) is 0. The van der Waals surface area contributed by atoms with Crippen molar-refractivity contribution in [2.45, 2.75) is 13.0 Å². The highest BCUT2D eigenvalue weighted by atomic mass is 19.3. The number of nitrogens with zero attached hydrogens (tertiary/aromatic N) is 1. The Morgan fingerprint density at radius 1 is 1.38 bits per heavy atom. The fourth-order valence-electron chi connectivity index (χ4n) is 0.890. The maximum atomic E-state index is 11.7. The van der Waals surface area contributed by atoms with Crippen LogP contribution in [0.5, 0.6) is 5.88 Å². The van der Waals surface area contributed by atoms with Crippen LogP contribution in [0.2, 0.25) is 0 Å². The van der Waals surface area contributed by atoms with Crippen LogP contribution in [0, 0.1) is 0 Å². The molecular weight excluding hydrogens is 221 g/mol. The van der Waals surface area contributed by atoms with Gasteiger partial charge in [0.05, 0.1) is 0 Å². The van der Waals surface area contributed by atoms with Gasteiger partial charge in [-0.15, -0.1) is 0 Å². The second kappa shape index (κ2) is 8.96. The summed E-state index contributed by atoms with van der Waals surface area (Å²) in [6, 6.07) is 3.47. The molecule has 0 fully saturated rings. The van der Waals surface area contributed by atoms with E-state index in [-0.39, 0.29) is 12.6 Å². The fourth-order valence-corrected chi connectivity index (χ4v) is 0.890. The summed E-state index contributed by atoms with van der Waals surface area (Å²) in [7, 11) is 0. The molecule has 0 saturated carbocycles. The molecule has 3 nitrogen and oxygen atoms in total. The highest BCUT2D eigenvalue weighted by Gasteiger charge is 2.00. The van der Waals surface area contributed by atoms with Crippen LogP contribution >= 0.6 is 0 Å². The Balaban J connectivity index is 0.000000673. The van der Waals surface area contributed by atoms with E-state index >= 15 is 0 Å². The normalized spacial score (nSPS) is 11.3. The molecular formula is C10H15F3N2O. The predicted octanol–water partition coefficient (Wildman–Crippen LogP) is 2.33. The molecule has 0 aliphatic rings. The van der Waals surface area contributed by atoms with Crippen LogP contribution in [0.25, 0.3) is 0 Å². The van der Waals surface area contributed by atoms with Gasteiger partial charge in [-0.05, 0) is 12.5 Å². The lowest BCUT2D eigenvalue weighted by atomic mass is 10.2. The molecule has 0 aliphatic heterocycles. The van der Waals surface area contributed by atoms with E-state index in [0.29, 0.717) is 5.88 Å². The molecule has 1 rings (SSSR count). The molecule has 2 N–H and O–H groups in total. The molecule has 0 aromatic carbocycles. The number of nitrogens with two attached hydrogens (primary N) is 1. The van der Waals surface area contributed by atoms with Gasteiger partial charge in [-0.1, -0.05) is 6.07 Å². The van der Waals surface area contributed by atoms with Crippen LogP contribution in [-0.4, -0.2) is 25.2 Å². The Kier molecular flexibility index (Phi) is 8.24. The van der Waals surface area contributed by atoms with Crippen LogP contribution in [0.15, 0.2) is 18.3 Å². The summed E-state index contributed by atoms with van der Waals surface area (Å²) in [6.07, 6.45) is 1.64. The predicted molar refractivity (Wildman–Crippen MR) is 55.4 cm³/mol. The van der Waals surface area contributed by atoms with Crippen molar-refractivity contribution in [2.24, 2.45) is 5.73 Å². The van der Waals surface area contributed by atoms with Gasteiger partial charge in [-0.25, -0.2) is 18.2 Å². The minimum Gasteiger partial charge on any atom is -0.475 e. The lowest BCUT2D eigenvalue weighted by Crippen LogP contribution is -2.06. The van der Waals surface area contributed by atoms with E-state index in [4.69, 9.17) is 10.5 Å². The molecule has 6 heteroatoms. The highest BCUT2D eigenvalue weighted by Crippen LogP contribution is 2.12. The maximum absolute atomic E-state index is 11.7. The van der Waals surface area contributed by atoms with Crippen molar-refractivity contribution < 1.29 is 17.9 Å². The van der Waals surface area contributed by atoms with Crippen molar-refractivity contribution in [1.82, 2.24) is 4.98 Å². The van der Waals surface area contributed by atoms with Crippen molar-refractivity contribution in [3.05, 3.63) is 23.9 Å². The van der Waals surface area contributed by atoms with Crippen LogP contribution in [0.4, 0.5) is 13.2 Å². The van der Waals surface area contributed by atoms with Crippen LogP contribution in [0.1, 0.15) is 18.5 Å². The lowest BCUT2D eigenvalue weighted by Gasteiger charge is -2.06. The van der Waals surface area contributed by atoms with E-state index in [1.54, 1.807) is 12.3 Å². The Labute approximate surface area is 92.4 Å². The van der Waals surface area contributed by atoms with E-state index in [1.165, 1.54) is 0 Å². The minimum absolute atomic E-state index is 0.0391. The zero-order chi connectivity index (χ0) is 12.4. The zero-order valence-electron chi connectivity index (χ0n) is 9.00. The van der Waals surface area contributed by atoms with Crippen LogP contribution in [-0.2, 0) is 0 Å². The molecule has 0 aliphatic carbocycles. The van der Waals surface area contributed by atoms with Crippen LogP contribution < -0.4 is 10.5 Å². The molecule has 1 aromatic rings. The van der Waals surface area contributed by atoms with E-state index < -0.39 is 13.6 Å². The number of ether oxygens (including phenoxy) is 1. The maximum Gasteiger partial charge on any atom is 0.229 e. The monoisotopic (exact) mass is 236 g/mol. The standard InChI is InChI=1S/C9H13FN2O.CH2F2/c1-7(11)8-2-3-9(12-6-8)13-5-4-10;2-1-3/h2-3,6-7H,4-5,11H2,1H3;1H2. The number of halogens is 3. The number of aromatic nitrogens is 1. The molecule has 1 atom stereocenters. The Hall–Kier alpha value is -1.30. The number of pyridine rings is 1. The van der Waals surface area contributed by atoms with E-state index in [9.17, 15) is 13.2 Å². The third kappa shape index (κ3) is 6.23. The summed E-state index contributed by atoms with van der Waals surface area (Å²) in [4.78, 5) is 3.97. The first kappa shape index (κ1) is 14.7. The summed E-state index contributed by atoms with van der Waals surface area (Å²) in [5.74, 6) is 0.432. The quantitative estimate of drug-likeness (QED) is 0.872. The molecule has 0 bridgehead atoms. The zero-order valence-corrected chi connectivity index (χ0v) is 9.00. The SMILES string of the molecule is CC(N)c1ccc(OCCF)nc1.FCF. The van der Waals surface area contributed by atoms with Gasteiger partial charge in [0, 0.05) is 18.3 Å². The van der Waals surface area contributed by atoms with Gasteiger partial charge in [-0.3, -0.25) is 0 Å². The van der Waals surface area contributed by atoms with Crippen molar-refractivity contribution in [3.8, 4) is 5.88 Å². The molecule has 0 saturated heterocycles. The summed E-state index contributed by atoms with van der Waals surface area (Å²) < 4.78 is 35.9. The third-order valence-corrected chi connectivity index (χ3v) is 1.61. The van der Waals surface area contributed by atoms with E-state index in [1.807, 2.05) is 13.0 Å². The van der Waals surface area contributed by atoms with Gasteiger partial charge in [-0.2, -0.15) is 0 Å². The van der Waals surface area contributed by atoms with Gasteiger partial charge in [0.25, 0.3) is 0 Å². The molecule has 0 amide bonds. The first-order chi connectivity index (χ1) is 7.65. The lowest BCUT2D eigenvalue weighted by molar-refractivity contribution is 0.264. The van der Waals surface area contributed by atoms with Crippen LogP contribution in [0.3, 0.4) is 0 Å². The van der Waals surface area contributed by atoms with Gasteiger partial charge in [0.1, 0.15) is 13.3 Å². The summed E-state index contributed by atoms with van der Waals surface area (Å²) in [6.45, 7) is -0.333. The van der Waals surface area contributed by atoms with E-state index in [2.05, 4.69) is 4.98 Å². The fraction of sp³-hybridized carbons (Fsp3) is 0.500. The second-order valence-corrected chi connectivity index (χ2v) is 2.86. The van der Waals surface area contributed by atoms with Gasteiger partial charge in [0.2, 0.25) is 12.8 Å². The highest BCUT2D eigenvalue weighted by molar-refractivity contribution is 5.19. The molecule has 1 heterocycles. The summed E-state index contributed by atoms with van der Waals surface area (Å²) >= 11 is 0. The first-order valence-corrected chi connectivity index (χ1v) is 4.68. The second-order valence-electron chi connectivity index (χ2n) is 2.86. The number of rotatable bonds is 4. The first-order valence-electron chi connectivity index (χ1n) is 4.68. The van der Waals surface area contributed by atoms with Crippen molar-refractivity contribution in [1.29, 1.82) is 0 Å². The molecule has 16 heavy (non-hydrogen) atoms.